The molecule has 0 heterocycles. The SMILES string of the molecule is CNC(=O)NC(=O)COC(=O)[C@H](CC(C)C)NS(=O)(=O)c1ccc(C)cc1. The lowest BCUT2D eigenvalue weighted by Crippen LogP contribution is -2.44. The molecule has 3 N–H and O–H groups in total. The zero-order valence-corrected chi connectivity index (χ0v) is 16.6. The lowest BCUT2D eigenvalue weighted by atomic mass is 10.1. The van der Waals surface area contributed by atoms with Gasteiger partial charge in [-0.05, 0) is 31.4 Å². The van der Waals surface area contributed by atoms with E-state index in [2.05, 4.69) is 10.0 Å². The number of ether oxygens (including phenoxy) is 1. The first kappa shape index (κ1) is 22.6. The highest BCUT2D eigenvalue weighted by Crippen LogP contribution is 2.14. The van der Waals surface area contributed by atoms with Gasteiger partial charge in [-0.15, -0.1) is 0 Å². The minimum Gasteiger partial charge on any atom is -0.454 e. The predicted octanol–water partition coefficient (Wildman–Crippen LogP) is 0.687. The number of imide groups is 1. The van der Waals surface area contributed by atoms with E-state index in [9.17, 15) is 22.8 Å². The van der Waals surface area contributed by atoms with E-state index in [1.54, 1.807) is 12.1 Å². The highest BCUT2D eigenvalue weighted by Gasteiger charge is 2.28. The maximum atomic E-state index is 12.5. The number of carbonyl (C=O) groups excluding carboxylic acids is 3. The summed E-state index contributed by atoms with van der Waals surface area (Å²) in [6, 6.07) is 4.26. The zero-order valence-electron chi connectivity index (χ0n) is 15.7. The second-order valence-electron chi connectivity index (χ2n) is 6.35. The van der Waals surface area contributed by atoms with E-state index in [1.165, 1.54) is 19.2 Å². The Bertz CT molecular complexity index is 774. The van der Waals surface area contributed by atoms with Gasteiger partial charge in [0.25, 0.3) is 5.91 Å². The molecular formula is C17H25N3O6S. The normalized spacial score (nSPS) is 12.3. The number of hydrogen-bond donors (Lipinski definition) is 3. The molecule has 1 rings (SSSR count). The Kier molecular flexibility index (Phi) is 8.38. The quantitative estimate of drug-likeness (QED) is 0.551. The van der Waals surface area contributed by atoms with Crippen molar-refractivity contribution >= 4 is 27.9 Å². The molecule has 1 aromatic carbocycles. The standard InChI is InChI=1S/C17H25N3O6S/c1-11(2)9-14(16(22)26-10-15(21)19-17(23)18-4)20-27(24,25)13-7-5-12(3)6-8-13/h5-8,11,14,20H,9-10H2,1-4H3,(H2,18,19,21,23)/t14-/m0/s1. The minimum absolute atomic E-state index is 0.0111. The fourth-order valence-electron chi connectivity index (χ4n) is 2.10. The number of hydrogen-bond acceptors (Lipinski definition) is 6. The molecule has 0 aliphatic heterocycles. The van der Waals surface area contributed by atoms with Gasteiger partial charge in [0.1, 0.15) is 6.04 Å². The number of esters is 1. The average molecular weight is 399 g/mol. The number of benzene rings is 1. The lowest BCUT2D eigenvalue weighted by molar-refractivity contribution is -0.150. The number of sulfonamides is 1. The van der Waals surface area contributed by atoms with Crippen molar-refractivity contribution in [3.05, 3.63) is 29.8 Å². The Labute approximate surface area is 158 Å². The number of aryl methyl sites for hydroxylation is 1. The Hall–Kier alpha value is -2.46. The summed E-state index contributed by atoms with van der Waals surface area (Å²) < 4.78 is 32.2. The third-order valence-electron chi connectivity index (χ3n) is 3.45. The molecule has 1 aromatic rings. The Morgan fingerprint density at radius 2 is 1.70 bits per heavy atom. The third kappa shape index (κ3) is 7.75. The van der Waals surface area contributed by atoms with Gasteiger partial charge in [-0.1, -0.05) is 31.5 Å². The van der Waals surface area contributed by atoms with E-state index >= 15 is 0 Å². The number of rotatable bonds is 8. The molecule has 0 aliphatic rings. The summed E-state index contributed by atoms with van der Waals surface area (Å²) >= 11 is 0. The van der Waals surface area contributed by atoms with Crippen molar-refractivity contribution in [3.8, 4) is 0 Å². The molecule has 0 aromatic heterocycles. The first-order valence-electron chi connectivity index (χ1n) is 8.32. The summed E-state index contributed by atoms with van der Waals surface area (Å²) in [5.74, 6) is -1.73. The summed E-state index contributed by atoms with van der Waals surface area (Å²) in [4.78, 5) is 34.8. The monoisotopic (exact) mass is 399 g/mol. The maximum Gasteiger partial charge on any atom is 0.324 e. The molecule has 0 saturated carbocycles. The summed E-state index contributed by atoms with van der Waals surface area (Å²) in [5.41, 5.74) is 0.897. The van der Waals surface area contributed by atoms with Gasteiger partial charge < -0.3 is 10.1 Å². The predicted molar refractivity (Wildman–Crippen MR) is 98.3 cm³/mol. The number of amides is 3. The zero-order chi connectivity index (χ0) is 20.6. The summed E-state index contributed by atoms with van der Waals surface area (Å²) in [5, 5.41) is 4.12. The molecule has 27 heavy (non-hydrogen) atoms. The van der Waals surface area contributed by atoms with Crippen LogP contribution in [0.4, 0.5) is 4.79 Å². The van der Waals surface area contributed by atoms with Crippen LogP contribution in [0, 0.1) is 12.8 Å². The van der Waals surface area contributed by atoms with Crippen LogP contribution >= 0.6 is 0 Å². The van der Waals surface area contributed by atoms with Gasteiger partial charge in [0, 0.05) is 7.05 Å². The van der Waals surface area contributed by atoms with Gasteiger partial charge in [0.15, 0.2) is 6.61 Å². The van der Waals surface area contributed by atoms with E-state index in [4.69, 9.17) is 4.74 Å². The van der Waals surface area contributed by atoms with Gasteiger partial charge in [-0.3, -0.25) is 14.9 Å². The van der Waals surface area contributed by atoms with Gasteiger partial charge >= 0.3 is 12.0 Å². The number of urea groups is 1. The molecule has 3 amide bonds. The van der Waals surface area contributed by atoms with Crippen molar-refractivity contribution in [3.63, 3.8) is 0 Å². The molecule has 0 fully saturated rings. The van der Waals surface area contributed by atoms with E-state index < -0.39 is 40.6 Å². The van der Waals surface area contributed by atoms with Crippen molar-refractivity contribution in [1.29, 1.82) is 0 Å². The highest BCUT2D eigenvalue weighted by molar-refractivity contribution is 7.89. The molecule has 0 spiro atoms. The van der Waals surface area contributed by atoms with E-state index in [-0.39, 0.29) is 17.2 Å². The molecule has 0 bridgehead atoms. The van der Waals surface area contributed by atoms with Gasteiger partial charge in [0.2, 0.25) is 10.0 Å². The Balaban J connectivity index is 2.82. The van der Waals surface area contributed by atoms with Crippen LogP contribution in [0.25, 0.3) is 0 Å². The molecule has 0 radical (unpaired) electrons. The van der Waals surface area contributed by atoms with E-state index in [0.717, 1.165) is 5.56 Å². The van der Waals surface area contributed by atoms with Crippen LogP contribution in [0.15, 0.2) is 29.2 Å². The van der Waals surface area contributed by atoms with Gasteiger partial charge in [0.05, 0.1) is 4.90 Å². The Morgan fingerprint density at radius 3 is 2.22 bits per heavy atom. The topological polar surface area (TPSA) is 131 Å². The minimum atomic E-state index is -3.94. The van der Waals surface area contributed by atoms with Crippen LogP contribution in [-0.4, -0.2) is 46.0 Å². The van der Waals surface area contributed by atoms with Crippen LogP contribution in [0.5, 0.6) is 0 Å². The van der Waals surface area contributed by atoms with Crippen molar-refractivity contribution in [2.75, 3.05) is 13.7 Å². The number of carbonyl (C=O) groups is 3. The first-order valence-corrected chi connectivity index (χ1v) is 9.80. The van der Waals surface area contributed by atoms with Crippen molar-refractivity contribution < 1.29 is 27.5 Å². The van der Waals surface area contributed by atoms with Crippen molar-refractivity contribution in [2.45, 2.75) is 38.1 Å². The van der Waals surface area contributed by atoms with Gasteiger partial charge in [-0.25, -0.2) is 13.2 Å². The van der Waals surface area contributed by atoms with Crippen LogP contribution in [0.2, 0.25) is 0 Å². The molecular weight excluding hydrogens is 374 g/mol. The second kappa shape index (κ2) is 10.0. The molecule has 150 valence electrons. The lowest BCUT2D eigenvalue weighted by Gasteiger charge is -2.19. The number of nitrogens with one attached hydrogen (secondary N) is 3. The fraction of sp³-hybridized carbons (Fsp3) is 0.471. The smallest absolute Gasteiger partial charge is 0.324 e. The van der Waals surface area contributed by atoms with Crippen LogP contribution in [0.1, 0.15) is 25.8 Å². The molecule has 1 atom stereocenters. The maximum absolute atomic E-state index is 12.5. The fourth-order valence-corrected chi connectivity index (χ4v) is 3.30. The summed E-state index contributed by atoms with van der Waals surface area (Å²) in [6.07, 6.45) is 0.182. The third-order valence-corrected chi connectivity index (χ3v) is 4.93. The largest absolute Gasteiger partial charge is 0.454 e. The van der Waals surface area contributed by atoms with Crippen LogP contribution < -0.4 is 15.4 Å². The molecule has 0 unspecified atom stereocenters. The van der Waals surface area contributed by atoms with Crippen LogP contribution in [-0.2, 0) is 24.3 Å². The first-order chi connectivity index (χ1) is 12.5. The van der Waals surface area contributed by atoms with Gasteiger partial charge in [-0.2, -0.15) is 4.72 Å². The molecule has 0 aliphatic carbocycles. The summed E-state index contributed by atoms with van der Waals surface area (Å²) in [7, 11) is -2.62. The second-order valence-corrected chi connectivity index (χ2v) is 8.07. The molecule has 0 saturated heterocycles. The molecule has 9 nitrogen and oxygen atoms in total. The highest BCUT2D eigenvalue weighted by atomic mass is 32.2. The van der Waals surface area contributed by atoms with E-state index in [0.29, 0.717) is 0 Å². The van der Waals surface area contributed by atoms with Crippen molar-refractivity contribution in [2.24, 2.45) is 5.92 Å². The van der Waals surface area contributed by atoms with Crippen molar-refractivity contribution in [1.82, 2.24) is 15.4 Å². The van der Waals surface area contributed by atoms with Crippen LogP contribution in [0.3, 0.4) is 0 Å². The summed E-state index contributed by atoms with van der Waals surface area (Å²) in [6.45, 7) is 4.76. The van der Waals surface area contributed by atoms with E-state index in [1.807, 2.05) is 26.1 Å². The average Bonchev–Trinajstić information content (AvgIpc) is 2.58. The Morgan fingerprint density at radius 1 is 1.11 bits per heavy atom. The molecule has 10 heteroatoms.